The van der Waals surface area contributed by atoms with Crippen LogP contribution < -0.4 is 9.80 Å². The van der Waals surface area contributed by atoms with Crippen molar-refractivity contribution in [2.75, 3.05) is 29.9 Å². The smallest absolute Gasteiger partial charge is 0.229 e. The Morgan fingerprint density at radius 3 is 2.28 bits per heavy atom. The Bertz CT molecular complexity index is 952. The van der Waals surface area contributed by atoms with Crippen molar-refractivity contribution in [1.82, 2.24) is 10.2 Å². The van der Waals surface area contributed by atoms with Gasteiger partial charge in [-0.1, -0.05) is 41.9 Å². The normalized spacial score (nSPS) is 14.6. The molecule has 1 aliphatic heterocycles. The minimum Gasteiger partial charge on any atom is -0.355 e. The van der Waals surface area contributed by atoms with E-state index in [9.17, 15) is 4.79 Å². The average molecular weight is 407 g/mol. The van der Waals surface area contributed by atoms with Gasteiger partial charge in [-0.25, -0.2) is 0 Å². The molecule has 1 aromatic heterocycles. The van der Waals surface area contributed by atoms with E-state index in [0.717, 1.165) is 48.7 Å². The average Bonchev–Trinajstić information content (AvgIpc) is 2.79. The van der Waals surface area contributed by atoms with Crippen molar-refractivity contribution < 1.29 is 4.79 Å². The van der Waals surface area contributed by atoms with Crippen molar-refractivity contribution >= 4 is 29.0 Å². The van der Waals surface area contributed by atoms with Gasteiger partial charge in [0.15, 0.2) is 5.82 Å². The van der Waals surface area contributed by atoms with Crippen LogP contribution in [0.4, 0.5) is 11.5 Å². The molecule has 2 heterocycles. The summed E-state index contributed by atoms with van der Waals surface area (Å²) in [6, 6.07) is 21.3. The summed E-state index contributed by atoms with van der Waals surface area (Å²) in [5.74, 6) is 1.07. The molecule has 0 atom stereocenters. The van der Waals surface area contributed by atoms with E-state index >= 15 is 0 Å². The minimum absolute atomic E-state index is 0.0396. The fourth-order valence-corrected chi connectivity index (χ4v) is 3.80. The number of carbonyl (C=O) groups excluding carboxylic acids is 1. The van der Waals surface area contributed by atoms with E-state index in [0.29, 0.717) is 5.02 Å². The number of amides is 1. The van der Waals surface area contributed by atoms with Crippen LogP contribution in [0.25, 0.3) is 11.3 Å². The summed E-state index contributed by atoms with van der Waals surface area (Å²) < 4.78 is 0. The third-order valence-electron chi connectivity index (χ3n) is 5.43. The summed E-state index contributed by atoms with van der Waals surface area (Å²) in [5, 5.41) is 9.47. The molecule has 0 radical (unpaired) electrons. The lowest BCUT2D eigenvalue weighted by atomic mass is 9.95. The molecule has 0 N–H and O–H groups in total. The molecule has 1 fully saturated rings. The summed E-state index contributed by atoms with van der Waals surface area (Å²) in [4.78, 5) is 16.8. The van der Waals surface area contributed by atoms with Crippen molar-refractivity contribution in [3.63, 3.8) is 0 Å². The van der Waals surface area contributed by atoms with Gasteiger partial charge in [0, 0.05) is 42.3 Å². The molecule has 4 rings (SSSR count). The maximum absolute atomic E-state index is 12.8. The number of carbonyl (C=O) groups is 1. The minimum atomic E-state index is 0.0396. The second kappa shape index (κ2) is 8.62. The Kier molecular flexibility index (Phi) is 5.76. The fraction of sp³-hybridized carbons (Fsp3) is 0.261. The highest BCUT2D eigenvalue weighted by Gasteiger charge is 2.28. The maximum Gasteiger partial charge on any atom is 0.229 e. The topological polar surface area (TPSA) is 49.3 Å². The molecular weight excluding hydrogens is 384 g/mol. The Morgan fingerprint density at radius 1 is 0.966 bits per heavy atom. The highest BCUT2D eigenvalue weighted by molar-refractivity contribution is 6.30. The van der Waals surface area contributed by atoms with Crippen LogP contribution in [0.15, 0.2) is 66.7 Å². The predicted molar refractivity (Wildman–Crippen MR) is 117 cm³/mol. The van der Waals surface area contributed by atoms with Crippen molar-refractivity contribution in [3.05, 3.63) is 71.8 Å². The molecule has 5 nitrogen and oxygen atoms in total. The second-order valence-corrected chi connectivity index (χ2v) is 7.71. The molecule has 148 valence electrons. The van der Waals surface area contributed by atoms with Gasteiger partial charge in [-0.15, -0.1) is 10.2 Å². The lowest BCUT2D eigenvalue weighted by molar-refractivity contribution is -0.122. The van der Waals surface area contributed by atoms with Gasteiger partial charge in [-0.3, -0.25) is 4.79 Å². The summed E-state index contributed by atoms with van der Waals surface area (Å²) in [7, 11) is 1.85. The summed E-state index contributed by atoms with van der Waals surface area (Å²) >= 11 is 5.94. The number of rotatable bonds is 4. The monoisotopic (exact) mass is 406 g/mol. The third kappa shape index (κ3) is 4.40. The fourth-order valence-electron chi connectivity index (χ4n) is 3.68. The third-order valence-corrected chi connectivity index (χ3v) is 5.68. The van der Waals surface area contributed by atoms with Crippen molar-refractivity contribution in [3.8, 4) is 11.3 Å². The molecule has 0 aliphatic carbocycles. The molecule has 2 aromatic carbocycles. The zero-order valence-electron chi connectivity index (χ0n) is 16.3. The number of benzene rings is 2. The quantitative estimate of drug-likeness (QED) is 0.631. The van der Waals surface area contributed by atoms with E-state index in [2.05, 4.69) is 15.1 Å². The van der Waals surface area contributed by atoms with Crippen LogP contribution in [0.3, 0.4) is 0 Å². The second-order valence-electron chi connectivity index (χ2n) is 7.28. The van der Waals surface area contributed by atoms with Gasteiger partial charge in [-0.2, -0.15) is 0 Å². The Hall–Kier alpha value is -2.92. The number of piperidine rings is 1. The molecule has 29 heavy (non-hydrogen) atoms. The lowest BCUT2D eigenvalue weighted by Crippen LogP contribution is -2.41. The van der Waals surface area contributed by atoms with Gasteiger partial charge >= 0.3 is 0 Å². The van der Waals surface area contributed by atoms with Crippen LogP contribution in [-0.2, 0) is 4.79 Å². The zero-order valence-corrected chi connectivity index (χ0v) is 17.1. The Morgan fingerprint density at radius 2 is 1.66 bits per heavy atom. The van der Waals surface area contributed by atoms with E-state index in [4.69, 9.17) is 11.6 Å². The van der Waals surface area contributed by atoms with Crippen LogP contribution >= 0.6 is 11.6 Å². The van der Waals surface area contributed by atoms with Crippen LogP contribution in [-0.4, -0.2) is 36.2 Å². The van der Waals surface area contributed by atoms with Gasteiger partial charge in [-0.05, 0) is 49.2 Å². The highest BCUT2D eigenvalue weighted by atomic mass is 35.5. The molecule has 0 unspecified atom stereocenters. The number of nitrogens with zero attached hydrogens (tertiary/aromatic N) is 4. The van der Waals surface area contributed by atoms with Gasteiger partial charge in [0.1, 0.15) is 0 Å². The first-order chi connectivity index (χ1) is 14.1. The lowest BCUT2D eigenvalue weighted by Gasteiger charge is -2.33. The van der Waals surface area contributed by atoms with E-state index in [1.807, 2.05) is 73.8 Å². The Labute approximate surface area is 175 Å². The first kappa shape index (κ1) is 19.4. The predicted octanol–water partition coefficient (Wildman–Crippen LogP) is 4.68. The molecule has 6 heteroatoms. The summed E-state index contributed by atoms with van der Waals surface area (Å²) in [6.07, 6.45) is 1.63. The maximum atomic E-state index is 12.8. The van der Waals surface area contributed by atoms with Crippen LogP contribution in [0.5, 0.6) is 0 Å². The van der Waals surface area contributed by atoms with Gasteiger partial charge in [0.2, 0.25) is 5.91 Å². The van der Waals surface area contributed by atoms with Gasteiger partial charge in [0.05, 0.1) is 5.69 Å². The van der Waals surface area contributed by atoms with E-state index in [1.54, 1.807) is 4.90 Å². The van der Waals surface area contributed by atoms with E-state index in [1.165, 1.54) is 0 Å². The SMILES string of the molecule is CN(C(=O)C1CCN(c2ccc(-c3ccc(Cl)cc3)nn2)CC1)c1ccccc1. The first-order valence-electron chi connectivity index (χ1n) is 9.79. The number of hydrogen-bond donors (Lipinski definition) is 0. The van der Waals surface area contributed by atoms with Gasteiger partial charge in [0.25, 0.3) is 0 Å². The van der Waals surface area contributed by atoms with E-state index < -0.39 is 0 Å². The zero-order chi connectivity index (χ0) is 20.2. The molecule has 0 spiro atoms. The largest absolute Gasteiger partial charge is 0.355 e. The molecule has 1 aliphatic rings. The Balaban J connectivity index is 1.37. The van der Waals surface area contributed by atoms with Crippen molar-refractivity contribution in [2.24, 2.45) is 5.92 Å². The van der Waals surface area contributed by atoms with Crippen LogP contribution in [0.2, 0.25) is 5.02 Å². The number of anilines is 2. The molecule has 0 saturated carbocycles. The van der Waals surface area contributed by atoms with Crippen LogP contribution in [0.1, 0.15) is 12.8 Å². The molecule has 0 bridgehead atoms. The molecule has 3 aromatic rings. The van der Waals surface area contributed by atoms with Crippen LogP contribution in [0, 0.1) is 5.92 Å². The number of halogens is 1. The van der Waals surface area contributed by atoms with E-state index in [-0.39, 0.29) is 11.8 Å². The van der Waals surface area contributed by atoms with Crippen molar-refractivity contribution in [2.45, 2.75) is 12.8 Å². The number of hydrogen-bond acceptors (Lipinski definition) is 4. The molecule has 1 amide bonds. The number of para-hydroxylation sites is 1. The molecular formula is C23H23ClN4O. The summed E-state index contributed by atoms with van der Waals surface area (Å²) in [5.41, 5.74) is 2.74. The van der Waals surface area contributed by atoms with Gasteiger partial charge < -0.3 is 9.80 Å². The van der Waals surface area contributed by atoms with Crippen molar-refractivity contribution in [1.29, 1.82) is 0 Å². The summed E-state index contributed by atoms with van der Waals surface area (Å²) in [6.45, 7) is 1.60. The number of aromatic nitrogens is 2. The highest BCUT2D eigenvalue weighted by Crippen LogP contribution is 2.26. The first-order valence-corrected chi connectivity index (χ1v) is 10.2. The standard InChI is InChI=1S/C23H23ClN4O/c1-27(20-5-3-2-4-6-20)23(29)18-13-15-28(16-14-18)22-12-11-21(25-26-22)17-7-9-19(24)10-8-17/h2-12,18H,13-16H2,1H3. The molecule has 1 saturated heterocycles.